The SMILES string of the molecule is CCc1ccc(NC(=O)c2ccnc(C(=O)Nc3c(C)cccc3C)c2)cc1. The van der Waals surface area contributed by atoms with Gasteiger partial charge in [-0.2, -0.15) is 0 Å². The summed E-state index contributed by atoms with van der Waals surface area (Å²) in [5, 5.41) is 5.74. The first-order valence-electron chi connectivity index (χ1n) is 9.22. The summed E-state index contributed by atoms with van der Waals surface area (Å²) in [6.07, 6.45) is 2.41. The van der Waals surface area contributed by atoms with Crippen LogP contribution in [0.4, 0.5) is 11.4 Å². The summed E-state index contributed by atoms with van der Waals surface area (Å²) in [5.74, 6) is -0.632. The Labute approximate surface area is 164 Å². The summed E-state index contributed by atoms with van der Waals surface area (Å²) in [4.78, 5) is 29.3. The van der Waals surface area contributed by atoms with E-state index in [0.29, 0.717) is 11.3 Å². The lowest BCUT2D eigenvalue weighted by atomic mass is 10.1. The molecule has 0 saturated heterocycles. The van der Waals surface area contributed by atoms with Crippen molar-refractivity contribution in [2.24, 2.45) is 0 Å². The Morgan fingerprint density at radius 2 is 1.57 bits per heavy atom. The molecule has 2 aromatic carbocycles. The molecule has 0 saturated carbocycles. The normalized spacial score (nSPS) is 10.4. The smallest absolute Gasteiger partial charge is 0.274 e. The highest BCUT2D eigenvalue weighted by Gasteiger charge is 2.14. The van der Waals surface area contributed by atoms with E-state index in [4.69, 9.17) is 0 Å². The minimum absolute atomic E-state index is 0.191. The first-order valence-corrected chi connectivity index (χ1v) is 9.22. The standard InChI is InChI=1S/C23H23N3O2/c1-4-17-8-10-19(11-9-17)25-22(27)18-12-13-24-20(14-18)23(28)26-21-15(2)6-5-7-16(21)3/h5-14H,4H2,1-3H3,(H,25,27)(H,26,28). The summed E-state index contributed by atoms with van der Waals surface area (Å²) >= 11 is 0. The second-order valence-corrected chi connectivity index (χ2v) is 6.66. The zero-order chi connectivity index (χ0) is 20.1. The van der Waals surface area contributed by atoms with E-state index < -0.39 is 0 Å². The second kappa shape index (κ2) is 8.48. The third-order valence-corrected chi connectivity index (χ3v) is 4.59. The first kappa shape index (κ1) is 19.3. The van der Waals surface area contributed by atoms with Crippen LogP contribution in [0, 0.1) is 13.8 Å². The van der Waals surface area contributed by atoms with Gasteiger partial charge in [-0.3, -0.25) is 14.6 Å². The van der Waals surface area contributed by atoms with Gasteiger partial charge >= 0.3 is 0 Å². The Morgan fingerprint density at radius 1 is 0.893 bits per heavy atom. The summed E-state index contributed by atoms with van der Waals surface area (Å²) in [6, 6.07) is 16.6. The predicted octanol–water partition coefficient (Wildman–Crippen LogP) is 4.77. The Balaban J connectivity index is 1.75. The fraction of sp³-hybridized carbons (Fsp3) is 0.174. The topological polar surface area (TPSA) is 71.1 Å². The average molecular weight is 373 g/mol. The van der Waals surface area contributed by atoms with Crippen molar-refractivity contribution in [3.63, 3.8) is 0 Å². The van der Waals surface area contributed by atoms with Crippen LogP contribution in [-0.4, -0.2) is 16.8 Å². The molecule has 0 atom stereocenters. The minimum atomic E-state index is -0.348. The predicted molar refractivity (Wildman–Crippen MR) is 112 cm³/mol. The van der Waals surface area contributed by atoms with Crippen LogP contribution in [0.2, 0.25) is 0 Å². The van der Waals surface area contributed by atoms with Gasteiger partial charge in [0.1, 0.15) is 5.69 Å². The van der Waals surface area contributed by atoms with Gasteiger partial charge in [0.25, 0.3) is 11.8 Å². The highest BCUT2D eigenvalue weighted by Crippen LogP contribution is 2.20. The maximum Gasteiger partial charge on any atom is 0.274 e. The van der Waals surface area contributed by atoms with Crippen LogP contribution in [0.25, 0.3) is 0 Å². The van der Waals surface area contributed by atoms with E-state index in [1.807, 2.05) is 56.3 Å². The number of pyridine rings is 1. The number of rotatable bonds is 5. The molecule has 3 rings (SSSR count). The van der Waals surface area contributed by atoms with E-state index in [9.17, 15) is 9.59 Å². The van der Waals surface area contributed by atoms with Gasteiger partial charge in [0.15, 0.2) is 0 Å². The molecule has 5 nitrogen and oxygen atoms in total. The molecular formula is C23H23N3O2. The van der Waals surface area contributed by atoms with E-state index in [2.05, 4.69) is 22.5 Å². The van der Waals surface area contributed by atoms with Crippen LogP contribution >= 0.6 is 0 Å². The first-order chi connectivity index (χ1) is 13.5. The number of nitrogens with one attached hydrogen (secondary N) is 2. The molecule has 0 bridgehead atoms. The number of anilines is 2. The van der Waals surface area contributed by atoms with Crippen molar-refractivity contribution in [1.29, 1.82) is 0 Å². The summed E-state index contributed by atoms with van der Waals surface area (Å²) in [6.45, 7) is 5.95. The molecule has 0 aliphatic carbocycles. The molecule has 0 unspecified atom stereocenters. The van der Waals surface area contributed by atoms with E-state index in [1.165, 1.54) is 17.8 Å². The quantitative estimate of drug-likeness (QED) is 0.677. The van der Waals surface area contributed by atoms with Crippen LogP contribution in [0.15, 0.2) is 60.8 Å². The highest BCUT2D eigenvalue weighted by atomic mass is 16.2. The number of benzene rings is 2. The van der Waals surface area contributed by atoms with E-state index in [1.54, 1.807) is 6.07 Å². The van der Waals surface area contributed by atoms with Gasteiger partial charge < -0.3 is 10.6 Å². The summed E-state index contributed by atoms with van der Waals surface area (Å²) in [5.41, 5.74) is 5.18. The molecule has 142 valence electrons. The lowest BCUT2D eigenvalue weighted by Gasteiger charge is -2.11. The second-order valence-electron chi connectivity index (χ2n) is 6.66. The fourth-order valence-electron chi connectivity index (χ4n) is 2.91. The van der Waals surface area contributed by atoms with Gasteiger partial charge in [0.2, 0.25) is 0 Å². The maximum absolute atomic E-state index is 12.6. The van der Waals surface area contributed by atoms with Crippen LogP contribution in [-0.2, 0) is 6.42 Å². The van der Waals surface area contributed by atoms with Crippen molar-refractivity contribution >= 4 is 23.2 Å². The van der Waals surface area contributed by atoms with Crippen molar-refractivity contribution in [3.05, 3.63) is 88.7 Å². The number of amides is 2. The number of hydrogen-bond donors (Lipinski definition) is 2. The third kappa shape index (κ3) is 4.43. The zero-order valence-electron chi connectivity index (χ0n) is 16.2. The summed E-state index contributed by atoms with van der Waals surface area (Å²) in [7, 11) is 0. The van der Waals surface area contributed by atoms with Gasteiger partial charge in [-0.05, 0) is 61.2 Å². The van der Waals surface area contributed by atoms with Crippen molar-refractivity contribution in [2.45, 2.75) is 27.2 Å². The largest absolute Gasteiger partial charge is 0.322 e. The van der Waals surface area contributed by atoms with E-state index >= 15 is 0 Å². The highest BCUT2D eigenvalue weighted by molar-refractivity contribution is 6.08. The van der Waals surface area contributed by atoms with E-state index in [0.717, 1.165) is 23.2 Å². The number of nitrogens with zero attached hydrogens (tertiary/aromatic N) is 1. The van der Waals surface area contributed by atoms with Crippen molar-refractivity contribution in [1.82, 2.24) is 4.98 Å². The van der Waals surface area contributed by atoms with Gasteiger partial charge in [-0.25, -0.2) is 0 Å². The van der Waals surface area contributed by atoms with Crippen LogP contribution in [0.3, 0.4) is 0 Å². The average Bonchev–Trinajstić information content (AvgIpc) is 2.71. The van der Waals surface area contributed by atoms with Crippen molar-refractivity contribution < 1.29 is 9.59 Å². The van der Waals surface area contributed by atoms with Crippen molar-refractivity contribution in [2.75, 3.05) is 10.6 Å². The van der Waals surface area contributed by atoms with Crippen LogP contribution in [0.5, 0.6) is 0 Å². The van der Waals surface area contributed by atoms with E-state index in [-0.39, 0.29) is 17.5 Å². The molecule has 0 aliphatic rings. The number of aromatic nitrogens is 1. The van der Waals surface area contributed by atoms with Crippen LogP contribution < -0.4 is 10.6 Å². The summed E-state index contributed by atoms with van der Waals surface area (Å²) < 4.78 is 0. The molecule has 1 heterocycles. The van der Waals surface area contributed by atoms with Gasteiger partial charge in [0.05, 0.1) is 0 Å². The molecule has 0 radical (unpaired) electrons. The monoisotopic (exact) mass is 373 g/mol. The van der Waals surface area contributed by atoms with Gasteiger partial charge in [-0.15, -0.1) is 0 Å². The fourth-order valence-corrected chi connectivity index (χ4v) is 2.91. The third-order valence-electron chi connectivity index (χ3n) is 4.59. The molecule has 3 aromatic rings. The van der Waals surface area contributed by atoms with Crippen molar-refractivity contribution in [3.8, 4) is 0 Å². The molecule has 1 aromatic heterocycles. The molecular weight excluding hydrogens is 350 g/mol. The number of carbonyl (C=O) groups is 2. The molecule has 2 N–H and O–H groups in total. The Kier molecular flexibility index (Phi) is 5.84. The van der Waals surface area contributed by atoms with Crippen LogP contribution in [0.1, 0.15) is 44.5 Å². The number of carbonyl (C=O) groups excluding carboxylic acids is 2. The number of hydrogen-bond acceptors (Lipinski definition) is 3. The molecule has 2 amide bonds. The zero-order valence-corrected chi connectivity index (χ0v) is 16.2. The Hall–Kier alpha value is -3.47. The molecule has 28 heavy (non-hydrogen) atoms. The molecule has 0 aliphatic heterocycles. The molecule has 0 spiro atoms. The Morgan fingerprint density at radius 3 is 2.21 bits per heavy atom. The van der Waals surface area contributed by atoms with Gasteiger partial charge in [-0.1, -0.05) is 37.3 Å². The Bertz CT molecular complexity index is 990. The number of para-hydroxylation sites is 1. The lowest BCUT2D eigenvalue weighted by molar-refractivity contribution is 0.102. The van der Waals surface area contributed by atoms with Gasteiger partial charge in [0, 0.05) is 23.1 Å². The number of aryl methyl sites for hydroxylation is 3. The lowest BCUT2D eigenvalue weighted by Crippen LogP contribution is -2.17. The molecule has 5 heteroatoms. The molecule has 0 fully saturated rings. The minimum Gasteiger partial charge on any atom is -0.322 e. The maximum atomic E-state index is 12.6.